The number of rotatable bonds is 1. The first-order valence-corrected chi connectivity index (χ1v) is 3.59. The Morgan fingerprint density at radius 1 is 1.25 bits per heavy atom. The molecule has 0 heterocycles. The fourth-order valence-electron chi connectivity index (χ4n) is 0.581. The molecule has 3 nitrogen and oxygen atoms in total. The third-order valence-electron chi connectivity index (χ3n) is 1.02. The highest BCUT2D eigenvalue weighted by molar-refractivity contribution is 5.87. The number of carbonyl (C=O) groups is 1. The lowest BCUT2D eigenvalue weighted by atomic mass is 10.2. The first-order valence-electron chi connectivity index (χ1n) is 3.59. The Labute approximate surface area is 72.0 Å². The van der Waals surface area contributed by atoms with Crippen molar-refractivity contribution in [2.75, 3.05) is 14.1 Å². The lowest BCUT2D eigenvalue weighted by Gasteiger charge is -1.88. The predicted molar refractivity (Wildman–Crippen MR) is 48.4 cm³/mol. The largest absolute Gasteiger partial charge is 0.478 e. The number of carboxylic acid groups (broad SMARTS) is 1. The fraction of sp³-hybridized carbons (Fsp3) is 0.222. The minimum atomic E-state index is -0.879. The number of benzene rings is 1. The SMILES string of the molecule is CNC.O=C(O)c1ccccc1. The lowest BCUT2D eigenvalue weighted by Crippen LogP contribution is -1.93. The molecule has 1 aromatic rings. The van der Waals surface area contributed by atoms with Crippen molar-refractivity contribution in [2.45, 2.75) is 0 Å². The molecule has 66 valence electrons. The monoisotopic (exact) mass is 167 g/mol. The molecule has 0 aromatic heterocycles. The van der Waals surface area contributed by atoms with Gasteiger partial charge in [0, 0.05) is 0 Å². The van der Waals surface area contributed by atoms with E-state index in [0.717, 1.165) is 0 Å². The third kappa shape index (κ3) is 4.46. The second kappa shape index (κ2) is 6.37. The molecule has 0 atom stereocenters. The van der Waals surface area contributed by atoms with Crippen LogP contribution in [0.2, 0.25) is 0 Å². The minimum absolute atomic E-state index is 0.331. The highest BCUT2D eigenvalue weighted by Gasteiger charge is 1.96. The molecule has 0 aliphatic rings. The smallest absolute Gasteiger partial charge is 0.335 e. The second-order valence-electron chi connectivity index (χ2n) is 2.17. The van der Waals surface area contributed by atoms with Gasteiger partial charge in [-0.25, -0.2) is 4.79 Å². The van der Waals surface area contributed by atoms with Crippen LogP contribution < -0.4 is 5.32 Å². The van der Waals surface area contributed by atoms with Gasteiger partial charge in [0.2, 0.25) is 0 Å². The quantitative estimate of drug-likeness (QED) is 0.661. The number of carboxylic acids is 1. The van der Waals surface area contributed by atoms with Crippen LogP contribution in [0.1, 0.15) is 10.4 Å². The van der Waals surface area contributed by atoms with E-state index in [1.807, 2.05) is 14.1 Å². The average Bonchev–Trinajstić information content (AvgIpc) is 2.07. The van der Waals surface area contributed by atoms with Crippen molar-refractivity contribution in [3.63, 3.8) is 0 Å². The van der Waals surface area contributed by atoms with E-state index in [9.17, 15) is 4.79 Å². The third-order valence-corrected chi connectivity index (χ3v) is 1.02. The Kier molecular flexibility index (Phi) is 5.65. The predicted octanol–water partition coefficient (Wildman–Crippen LogP) is 1.22. The Bertz CT molecular complexity index is 221. The number of nitrogens with one attached hydrogen (secondary N) is 1. The number of aromatic carboxylic acids is 1. The van der Waals surface area contributed by atoms with E-state index in [1.54, 1.807) is 30.3 Å². The molecule has 0 bridgehead atoms. The van der Waals surface area contributed by atoms with Crippen molar-refractivity contribution in [3.8, 4) is 0 Å². The van der Waals surface area contributed by atoms with Crippen LogP contribution in [-0.4, -0.2) is 25.2 Å². The minimum Gasteiger partial charge on any atom is -0.478 e. The Morgan fingerprint density at radius 2 is 1.67 bits per heavy atom. The van der Waals surface area contributed by atoms with Crippen LogP contribution in [0, 0.1) is 0 Å². The molecule has 2 N–H and O–H groups in total. The Morgan fingerprint density at radius 3 is 1.92 bits per heavy atom. The van der Waals surface area contributed by atoms with Crippen LogP contribution >= 0.6 is 0 Å². The van der Waals surface area contributed by atoms with Crippen LogP contribution in [0.5, 0.6) is 0 Å². The van der Waals surface area contributed by atoms with Gasteiger partial charge in [-0.3, -0.25) is 0 Å². The van der Waals surface area contributed by atoms with Gasteiger partial charge in [-0.15, -0.1) is 0 Å². The van der Waals surface area contributed by atoms with Gasteiger partial charge in [0.25, 0.3) is 0 Å². The first-order chi connectivity index (χ1) is 5.72. The Balaban J connectivity index is 0.000000354. The van der Waals surface area contributed by atoms with E-state index < -0.39 is 5.97 Å². The molecule has 3 heteroatoms. The fourth-order valence-corrected chi connectivity index (χ4v) is 0.581. The molecule has 0 aliphatic carbocycles. The van der Waals surface area contributed by atoms with Gasteiger partial charge < -0.3 is 10.4 Å². The summed E-state index contributed by atoms with van der Waals surface area (Å²) in [7, 11) is 3.75. The second-order valence-corrected chi connectivity index (χ2v) is 2.17. The topological polar surface area (TPSA) is 49.3 Å². The van der Waals surface area contributed by atoms with Gasteiger partial charge in [-0.1, -0.05) is 18.2 Å². The zero-order valence-corrected chi connectivity index (χ0v) is 7.24. The Hall–Kier alpha value is -1.35. The molecule has 0 saturated carbocycles. The molecule has 1 aromatic carbocycles. The van der Waals surface area contributed by atoms with E-state index >= 15 is 0 Å². The molecule has 0 saturated heterocycles. The zero-order chi connectivity index (χ0) is 9.40. The van der Waals surface area contributed by atoms with Crippen molar-refractivity contribution < 1.29 is 9.90 Å². The van der Waals surface area contributed by atoms with Crippen molar-refractivity contribution in [1.29, 1.82) is 0 Å². The van der Waals surface area contributed by atoms with Crippen LogP contribution in [-0.2, 0) is 0 Å². The van der Waals surface area contributed by atoms with Crippen LogP contribution in [0.25, 0.3) is 0 Å². The van der Waals surface area contributed by atoms with Crippen LogP contribution in [0.15, 0.2) is 30.3 Å². The zero-order valence-electron chi connectivity index (χ0n) is 7.24. The summed E-state index contributed by atoms with van der Waals surface area (Å²) in [6.45, 7) is 0. The summed E-state index contributed by atoms with van der Waals surface area (Å²) in [5.74, 6) is -0.879. The molecule has 0 aliphatic heterocycles. The van der Waals surface area contributed by atoms with Crippen molar-refractivity contribution in [2.24, 2.45) is 0 Å². The van der Waals surface area contributed by atoms with Gasteiger partial charge in [-0.05, 0) is 26.2 Å². The molecule has 0 radical (unpaired) electrons. The van der Waals surface area contributed by atoms with Gasteiger partial charge in [-0.2, -0.15) is 0 Å². The normalized spacial score (nSPS) is 8.17. The van der Waals surface area contributed by atoms with Crippen molar-refractivity contribution in [1.82, 2.24) is 5.32 Å². The van der Waals surface area contributed by atoms with E-state index in [0.29, 0.717) is 5.56 Å². The summed E-state index contributed by atoms with van der Waals surface area (Å²) in [6, 6.07) is 8.30. The maximum absolute atomic E-state index is 10.2. The first kappa shape index (κ1) is 10.7. The highest BCUT2D eigenvalue weighted by atomic mass is 16.4. The molecule has 1 rings (SSSR count). The molecule has 0 fully saturated rings. The molecule has 12 heavy (non-hydrogen) atoms. The van der Waals surface area contributed by atoms with Gasteiger partial charge in [0.15, 0.2) is 0 Å². The summed E-state index contributed by atoms with van der Waals surface area (Å²) in [6.07, 6.45) is 0. The summed E-state index contributed by atoms with van der Waals surface area (Å²) >= 11 is 0. The molecule has 0 amide bonds. The summed E-state index contributed by atoms with van der Waals surface area (Å²) < 4.78 is 0. The standard InChI is InChI=1S/C7H6O2.C2H7N/c8-7(9)6-4-2-1-3-5-6;1-3-2/h1-5H,(H,8,9);3H,1-2H3. The van der Waals surface area contributed by atoms with Gasteiger partial charge in [0.1, 0.15) is 0 Å². The van der Waals surface area contributed by atoms with E-state index in [2.05, 4.69) is 5.32 Å². The summed E-state index contributed by atoms with van der Waals surface area (Å²) in [5, 5.41) is 11.1. The highest BCUT2D eigenvalue weighted by Crippen LogP contribution is 1.96. The number of hydrogen-bond acceptors (Lipinski definition) is 2. The lowest BCUT2D eigenvalue weighted by molar-refractivity contribution is 0.0697. The summed E-state index contributed by atoms with van der Waals surface area (Å²) in [4.78, 5) is 10.2. The van der Waals surface area contributed by atoms with Gasteiger partial charge >= 0.3 is 5.97 Å². The molecule has 0 spiro atoms. The van der Waals surface area contributed by atoms with Crippen LogP contribution in [0.3, 0.4) is 0 Å². The van der Waals surface area contributed by atoms with E-state index in [1.165, 1.54) is 0 Å². The van der Waals surface area contributed by atoms with E-state index in [-0.39, 0.29) is 0 Å². The van der Waals surface area contributed by atoms with E-state index in [4.69, 9.17) is 5.11 Å². The van der Waals surface area contributed by atoms with Crippen LogP contribution in [0.4, 0.5) is 0 Å². The van der Waals surface area contributed by atoms with Crippen molar-refractivity contribution in [3.05, 3.63) is 35.9 Å². The molecular formula is C9H13NO2. The summed E-state index contributed by atoms with van der Waals surface area (Å²) in [5.41, 5.74) is 0.331. The molecule has 0 unspecified atom stereocenters. The van der Waals surface area contributed by atoms with Gasteiger partial charge in [0.05, 0.1) is 5.56 Å². The van der Waals surface area contributed by atoms with Crippen molar-refractivity contribution >= 4 is 5.97 Å². The molecular weight excluding hydrogens is 154 g/mol. The average molecular weight is 167 g/mol. The number of hydrogen-bond donors (Lipinski definition) is 2. The maximum Gasteiger partial charge on any atom is 0.335 e. The maximum atomic E-state index is 10.2.